The van der Waals surface area contributed by atoms with Crippen LogP contribution in [0.1, 0.15) is 11.1 Å². The van der Waals surface area contributed by atoms with Crippen LogP contribution in [0.4, 0.5) is 0 Å². The number of ether oxygens (including phenoxy) is 2. The number of amides is 2. The summed E-state index contributed by atoms with van der Waals surface area (Å²) in [5.41, 5.74) is 6.10. The maximum Gasteiger partial charge on any atom is 0.234 e. The van der Waals surface area contributed by atoms with Crippen LogP contribution >= 0.6 is 23.2 Å². The molecule has 2 amide bonds. The molecular weight excluding hydrogens is 627 g/mol. The van der Waals surface area contributed by atoms with E-state index in [2.05, 4.69) is 25.4 Å². The highest BCUT2D eigenvalue weighted by molar-refractivity contribution is 6.39. The van der Waals surface area contributed by atoms with Crippen molar-refractivity contribution in [2.75, 3.05) is 53.5 Å². The first-order valence-corrected chi connectivity index (χ1v) is 15.7. The molecule has 2 aromatic heterocycles. The molecule has 0 radical (unpaired) electrons. The first kappa shape index (κ1) is 31.7. The van der Waals surface area contributed by atoms with Crippen LogP contribution in [0.15, 0.2) is 60.8 Å². The molecular formula is C34H34Cl2N6O4. The number of hydrogen-bond acceptors (Lipinski definition) is 8. The monoisotopic (exact) mass is 660 g/mol. The lowest BCUT2D eigenvalue weighted by Gasteiger charge is -2.27. The van der Waals surface area contributed by atoms with Gasteiger partial charge in [-0.15, -0.1) is 0 Å². The summed E-state index contributed by atoms with van der Waals surface area (Å²) in [6.07, 6.45) is 1.71. The largest absolute Gasteiger partial charge is 0.496 e. The number of methoxy groups -OCH3 is 2. The standard InChI is InChI=1S/C34H34Cl2N6O4/c1-45-28-16-21(6-7-22(28)17-41-14-12-37-29(43)19-41)33-32(36)25(10-11-39-33)24-4-3-5-26(31(24)35)27-9-8-23(34(40-27)46-2)18-42-15-13-38-30(44)20-42/h3-11,16H,12-15,17-20H2,1-2H3,(H,37,43)(H,38,44). The Bertz CT molecular complexity index is 1660. The topological polar surface area (TPSA) is 109 Å². The van der Waals surface area contributed by atoms with Gasteiger partial charge in [0, 0.05) is 78.8 Å². The zero-order valence-electron chi connectivity index (χ0n) is 25.6. The summed E-state index contributed by atoms with van der Waals surface area (Å²) in [5, 5.41) is 6.65. The van der Waals surface area contributed by atoms with Crippen LogP contribution < -0.4 is 20.1 Å². The summed E-state index contributed by atoms with van der Waals surface area (Å²) >= 11 is 14.1. The van der Waals surface area contributed by atoms with Gasteiger partial charge in [-0.2, -0.15) is 0 Å². The Hall–Kier alpha value is -4.22. The fourth-order valence-electron chi connectivity index (χ4n) is 5.86. The third-order valence-corrected chi connectivity index (χ3v) is 8.96. The van der Waals surface area contributed by atoms with Gasteiger partial charge in [-0.05, 0) is 18.2 Å². The van der Waals surface area contributed by atoms with E-state index < -0.39 is 0 Å². The Labute approximate surface area is 277 Å². The van der Waals surface area contributed by atoms with Gasteiger partial charge in [-0.3, -0.25) is 24.4 Å². The van der Waals surface area contributed by atoms with Gasteiger partial charge in [0.2, 0.25) is 17.7 Å². The molecule has 2 aromatic carbocycles. The average Bonchev–Trinajstić information content (AvgIpc) is 3.06. The van der Waals surface area contributed by atoms with Crippen molar-refractivity contribution in [1.82, 2.24) is 30.4 Å². The first-order chi connectivity index (χ1) is 22.3. The number of piperazine rings is 2. The number of carbonyl (C=O) groups is 2. The zero-order valence-corrected chi connectivity index (χ0v) is 27.1. The van der Waals surface area contributed by atoms with Crippen molar-refractivity contribution in [3.05, 3.63) is 82.0 Å². The summed E-state index contributed by atoms with van der Waals surface area (Å²) in [4.78, 5) is 37.2. The molecule has 2 aliphatic rings. The third kappa shape index (κ3) is 6.80. The Balaban J connectivity index is 1.28. The highest BCUT2D eigenvalue weighted by Crippen LogP contribution is 2.42. The van der Waals surface area contributed by atoms with Gasteiger partial charge in [0.25, 0.3) is 0 Å². The van der Waals surface area contributed by atoms with E-state index in [0.29, 0.717) is 72.3 Å². The predicted molar refractivity (Wildman–Crippen MR) is 178 cm³/mol. The van der Waals surface area contributed by atoms with Crippen molar-refractivity contribution in [3.8, 4) is 45.3 Å². The Morgan fingerprint density at radius 1 is 0.783 bits per heavy atom. The average molecular weight is 662 g/mol. The van der Waals surface area contributed by atoms with Crippen LogP contribution in [0.5, 0.6) is 11.6 Å². The molecule has 4 heterocycles. The van der Waals surface area contributed by atoms with E-state index in [4.69, 9.17) is 37.7 Å². The number of hydrogen-bond donors (Lipinski definition) is 2. The molecule has 0 bridgehead atoms. The van der Waals surface area contributed by atoms with Crippen molar-refractivity contribution in [2.45, 2.75) is 13.1 Å². The number of benzene rings is 2. The predicted octanol–water partition coefficient (Wildman–Crippen LogP) is 4.67. The summed E-state index contributed by atoms with van der Waals surface area (Å²) in [6, 6.07) is 17.3. The maximum atomic E-state index is 11.8. The molecule has 238 valence electrons. The van der Waals surface area contributed by atoms with E-state index in [-0.39, 0.29) is 11.8 Å². The van der Waals surface area contributed by atoms with Crippen LogP contribution in [0, 0.1) is 0 Å². The van der Waals surface area contributed by atoms with Crippen molar-refractivity contribution < 1.29 is 19.1 Å². The molecule has 0 atom stereocenters. The lowest BCUT2D eigenvalue weighted by molar-refractivity contribution is -0.125. The molecule has 0 aliphatic carbocycles. The summed E-state index contributed by atoms with van der Waals surface area (Å²) in [5.74, 6) is 1.21. The number of nitrogens with zero attached hydrogens (tertiary/aromatic N) is 4. The van der Waals surface area contributed by atoms with E-state index in [1.54, 1.807) is 20.4 Å². The molecule has 0 saturated carbocycles. The maximum absolute atomic E-state index is 11.8. The number of carbonyl (C=O) groups excluding carboxylic acids is 2. The van der Waals surface area contributed by atoms with E-state index in [0.717, 1.165) is 46.5 Å². The number of aromatic nitrogens is 2. The minimum Gasteiger partial charge on any atom is -0.496 e. The van der Waals surface area contributed by atoms with E-state index >= 15 is 0 Å². The summed E-state index contributed by atoms with van der Waals surface area (Å²) < 4.78 is 11.4. The van der Waals surface area contributed by atoms with E-state index in [1.807, 2.05) is 54.6 Å². The summed E-state index contributed by atoms with van der Waals surface area (Å²) in [6.45, 7) is 4.61. The van der Waals surface area contributed by atoms with Gasteiger partial charge in [0.05, 0.1) is 48.7 Å². The molecule has 0 spiro atoms. The van der Waals surface area contributed by atoms with Gasteiger partial charge < -0.3 is 20.1 Å². The lowest BCUT2D eigenvalue weighted by atomic mass is 9.99. The second kappa shape index (κ2) is 14.0. The van der Waals surface area contributed by atoms with Crippen LogP contribution in [0.3, 0.4) is 0 Å². The number of halogens is 2. The molecule has 4 aromatic rings. The minimum absolute atomic E-state index is 0.0111. The quantitative estimate of drug-likeness (QED) is 0.267. The smallest absolute Gasteiger partial charge is 0.234 e. The van der Waals surface area contributed by atoms with Gasteiger partial charge >= 0.3 is 0 Å². The number of pyridine rings is 2. The number of rotatable bonds is 9. The second-order valence-electron chi connectivity index (χ2n) is 11.2. The van der Waals surface area contributed by atoms with Crippen molar-refractivity contribution in [1.29, 1.82) is 0 Å². The minimum atomic E-state index is 0.0111. The third-order valence-electron chi connectivity index (χ3n) is 8.17. The molecule has 0 unspecified atom stereocenters. The van der Waals surface area contributed by atoms with Gasteiger partial charge in [0.15, 0.2) is 0 Å². The fourth-order valence-corrected chi connectivity index (χ4v) is 6.51. The van der Waals surface area contributed by atoms with Crippen molar-refractivity contribution in [2.24, 2.45) is 0 Å². The molecule has 2 aliphatic heterocycles. The van der Waals surface area contributed by atoms with Crippen molar-refractivity contribution >= 4 is 35.0 Å². The molecule has 2 fully saturated rings. The first-order valence-electron chi connectivity index (χ1n) is 15.0. The fraction of sp³-hybridized carbons (Fsp3) is 0.294. The highest BCUT2D eigenvalue weighted by atomic mass is 35.5. The zero-order chi connectivity index (χ0) is 32.2. The number of nitrogens with one attached hydrogen (secondary N) is 2. The lowest BCUT2D eigenvalue weighted by Crippen LogP contribution is -2.47. The van der Waals surface area contributed by atoms with Crippen LogP contribution in [-0.2, 0) is 22.7 Å². The van der Waals surface area contributed by atoms with Crippen molar-refractivity contribution in [3.63, 3.8) is 0 Å². The molecule has 2 saturated heterocycles. The molecule has 6 rings (SSSR count). The van der Waals surface area contributed by atoms with E-state index in [1.165, 1.54) is 0 Å². The molecule has 46 heavy (non-hydrogen) atoms. The van der Waals surface area contributed by atoms with Gasteiger partial charge in [-0.1, -0.05) is 59.6 Å². The SMILES string of the molecule is COc1cc(-c2nccc(-c3cccc(-c4ccc(CN5CCNC(=O)C5)c(OC)n4)c3Cl)c2Cl)ccc1CN1CCNC(=O)C1. The Morgan fingerprint density at radius 2 is 1.43 bits per heavy atom. The van der Waals surface area contributed by atoms with Gasteiger partial charge in [0.1, 0.15) is 5.75 Å². The Morgan fingerprint density at radius 3 is 2.11 bits per heavy atom. The molecule has 2 N–H and O–H groups in total. The van der Waals surface area contributed by atoms with Crippen LogP contribution in [-0.4, -0.2) is 85.1 Å². The summed E-state index contributed by atoms with van der Waals surface area (Å²) in [7, 11) is 3.21. The van der Waals surface area contributed by atoms with Crippen LogP contribution in [0.25, 0.3) is 33.6 Å². The second-order valence-corrected chi connectivity index (χ2v) is 12.0. The molecule has 12 heteroatoms. The highest BCUT2D eigenvalue weighted by Gasteiger charge is 2.22. The normalized spacial score (nSPS) is 15.7. The van der Waals surface area contributed by atoms with E-state index in [9.17, 15) is 9.59 Å². The molecule has 10 nitrogen and oxygen atoms in total. The van der Waals surface area contributed by atoms with Crippen LogP contribution in [0.2, 0.25) is 10.0 Å². The Kier molecular flexibility index (Phi) is 9.70. The van der Waals surface area contributed by atoms with Gasteiger partial charge in [-0.25, -0.2) is 4.98 Å².